The first-order valence-corrected chi connectivity index (χ1v) is 3.84. The summed E-state index contributed by atoms with van der Waals surface area (Å²) in [4.78, 5) is 11.1. The molecule has 1 fully saturated rings. The smallest absolute Gasteiger partial charge is 0.251 e. The predicted octanol–water partition coefficient (Wildman–Crippen LogP) is -0.731. The van der Waals surface area contributed by atoms with Crippen LogP contribution in [-0.4, -0.2) is 36.8 Å². The lowest BCUT2D eigenvalue weighted by atomic mass is 9.92. The van der Waals surface area contributed by atoms with Crippen molar-refractivity contribution in [3.63, 3.8) is 0 Å². The summed E-state index contributed by atoms with van der Waals surface area (Å²) in [5.74, 6) is -0.265. The molecule has 1 amide bonds. The van der Waals surface area contributed by atoms with Gasteiger partial charge in [0, 0.05) is 7.05 Å². The number of hydrogen-bond donors (Lipinski definition) is 3. The van der Waals surface area contributed by atoms with Gasteiger partial charge < -0.3 is 15.7 Å². The van der Waals surface area contributed by atoms with E-state index >= 15 is 0 Å². The molecule has 0 radical (unpaired) electrons. The first-order valence-electron chi connectivity index (χ1n) is 3.84. The summed E-state index contributed by atoms with van der Waals surface area (Å²) in [5, 5.41) is 15.2. The first-order chi connectivity index (χ1) is 5.19. The zero-order valence-corrected chi connectivity index (χ0v) is 7.91. The van der Waals surface area contributed by atoms with Gasteiger partial charge in [-0.25, -0.2) is 0 Å². The second-order valence-electron chi connectivity index (χ2n) is 2.86. The summed E-state index contributed by atoms with van der Waals surface area (Å²) in [6.07, 6.45) is 1.01. The maximum absolute atomic E-state index is 11.1. The molecule has 0 bridgehead atoms. The highest BCUT2D eigenvalue weighted by molar-refractivity contribution is 5.85. The maximum Gasteiger partial charge on any atom is 0.251 e. The van der Waals surface area contributed by atoms with E-state index in [1.54, 1.807) is 7.05 Å². The SMILES string of the molecule is CNC(=O)C1(O)CCNCC1.Cl. The monoisotopic (exact) mass is 194 g/mol. The molecular formula is C7H15ClN2O2. The van der Waals surface area contributed by atoms with Gasteiger partial charge >= 0.3 is 0 Å². The molecule has 1 aliphatic rings. The standard InChI is InChI=1S/C7H14N2O2.ClH/c1-8-6(10)7(11)2-4-9-5-3-7;/h9,11H,2-5H2,1H3,(H,8,10);1H. The minimum atomic E-state index is -1.12. The van der Waals surface area contributed by atoms with E-state index < -0.39 is 5.60 Å². The number of aliphatic hydroxyl groups is 1. The third-order valence-corrected chi connectivity index (χ3v) is 2.08. The Kier molecular flexibility index (Phi) is 4.52. The number of nitrogens with one attached hydrogen (secondary N) is 2. The molecule has 72 valence electrons. The second-order valence-corrected chi connectivity index (χ2v) is 2.86. The summed E-state index contributed by atoms with van der Waals surface area (Å²) in [7, 11) is 1.54. The lowest BCUT2D eigenvalue weighted by Gasteiger charge is -2.30. The number of likely N-dealkylation sites (N-methyl/N-ethyl adjacent to an activating group) is 1. The molecule has 5 heteroatoms. The quantitative estimate of drug-likeness (QED) is 0.516. The van der Waals surface area contributed by atoms with Crippen LogP contribution in [-0.2, 0) is 4.79 Å². The van der Waals surface area contributed by atoms with Gasteiger partial charge in [-0.15, -0.1) is 12.4 Å². The van der Waals surface area contributed by atoms with Crippen molar-refractivity contribution in [2.24, 2.45) is 0 Å². The highest BCUT2D eigenvalue weighted by Gasteiger charge is 2.35. The minimum absolute atomic E-state index is 0. The number of carbonyl (C=O) groups is 1. The maximum atomic E-state index is 11.1. The summed E-state index contributed by atoms with van der Waals surface area (Å²) >= 11 is 0. The number of rotatable bonds is 1. The van der Waals surface area contributed by atoms with Crippen molar-refractivity contribution >= 4 is 18.3 Å². The van der Waals surface area contributed by atoms with Crippen LogP contribution in [0.2, 0.25) is 0 Å². The minimum Gasteiger partial charge on any atom is -0.380 e. The van der Waals surface area contributed by atoms with E-state index in [-0.39, 0.29) is 18.3 Å². The van der Waals surface area contributed by atoms with Crippen molar-refractivity contribution < 1.29 is 9.90 Å². The Morgan fingerprint density at radius 3 is 2.42 bits per heavy atom. The molecule has 12 heavy (non-hydrogen) atoms. The van der Waals surface area contributed by atoms with Crippen molar-refractivity contribution in [1.82, 2.24) is 10.6 Å². The topological polar surface area (TPSA) is 61.4 Å². The van der Waals surface area contributed by atoms with Gasteiger partial charge in [0.1, 0.15) is 5.60 Å². The van der Waals surface area contributed by atoms with E-state index in [9.17, 15) is 9.90 Å². The van der Waals surface area contributed by atoms with Gasteiger partial charge in [-0.2, -0.15) is 0 Å². The molecule has 1 rings (SSSR count). The van der Waals surface area contributed by atoms with Gasteiger partial charge in [0.05, 0.1) is 0 Å². The Morgan fingerprint density at radius 1 is 1.50 bits per heavy atom. The number of carbonyl (C=O) groups excluding carboxylic acids is 1. The van der Waals surface area contributed by atoms with Gasteiger partial charge in [0.2, 0.25) is 0 Å². The van der Waals surface area contributed by atoms with E-state index in [2.05, 4.69) is 10.6 Å². The lowest BCUT2D eigenvalue weighted by Crippen LogP contribution is -2.51. The highest BCUT2D eigenvalue weighted by atomic mass is 35.5. The van der Waals surface area contributed by atoms with Crippen LogP contribution in [0.25, 0.3) is 0 Å². The van der Waals surface area contributed by atoms with Crippen LogP contribution < -0.4 is 10.6 Å². The Labute approximate surface area is 78.1 Å². The molecule has 0 spiro atoms. The lowest BCUT2D eigenvalue weighted by molar-refractivity contribution is -0.141. The molecule has 1 aliphatic heterocycles. The van der Waals surface area contributed by atoms with Crippen LogP contribution >= 0.6 is 12.4 Å². The number of halogens is 1. The van der Waals surface area contributed by atoms with Crippen molar-refractivity contribution in [1.29, 1.82) is 0 Å². The van der Waals surface area contributed by atoms with E-state index in [4.69, 9.17) is 0 Å². The van der Waals surface area contributed by atoms with Crippen molar-refractivity contribution in [2.45, 2.75) is 18.4 Å². The van der Waals surface area contributed by atoms with Crippen LogP contribution in [0.1, 0.15) is 12.8 Å². The molecule has 1 heterocycles. The Bertz CT molecular complexity index is 157. The normalized spacial score (nSPS) is 20.8. The van der Waals surface area contributed by atoms with Crippen LogP contribution in [0, 0.1) is 0 Å². The fraction of sp³-hybridized carbons (Fsp3) is 0.857. The first kappa shape index (κ1) is 11.7. The Balaban J connectivity index is 0.00000121. The Morgan fingerprint density at radius 2 is 2.00 bits per heavy atom. The predicted molar refractivity (Wildman–Crippen MR) is 48.4 cm³/mol. The van der Waals surface area contributed by atoms with E-state index in [0.29, 0.717) is 25.9 Å². The van der Waals surface area contributed by atoms with Crippen LogP contribution in [0.5, 0.6) is 0 Å². The molecule has 0 unspecified atom stereocenters. The molecule has 0 aromatic heterocycles. The summed E-state index contributed by atoms with van der Waals surface area (Å²) in [6.45, 7) is 1.42. The second kappa shape index (κ2) is 4.64. The average Bonchev–Trinajstić information content (AvgIpc) is 2.04. The molecular weight excluding hydrogens is 180 g/mol. The third kappa shape index (κ3) is 2.33. The average molecular weight is 195 g/mol. The van der Waals surface area contributed by atoms with Gasteiger partial charge in [0.15, 0.2) is 0 Å². The fourth-order valence-electron chi connectivity index (χ4n) is 1.30. The van der Waals surface area contributed by atoms with Gasteiger partial charge in [-0.1, -0.05) is 0 Å². The molecule has 0 saturated carbocycles. The van der Waals surface area contributed by atoms with Gasteiger partial charge in [-0.3, -0.25) is 4.79 Å². The molecule has 4 nitrogen and oxygen atoms in total. The Hall–Kier alpha value is -0.320. The summed E-state index contributed by atoms with van der Waals surface area (Å²) < 4.78 is 0. The van der Waals surface area contributed by atoms with Crippen LogP contribution in [0.4, 0.5) is 0 Å². The number of piperidine rings is 1. The molecule has 0 aromatic rings. The van der Waals surface area contributed by atoms with E-state index in [0.717, 1.165) is 0 Å². The fourth-order valence-corrected chi connectivity index (χ4v) is 1.30. The zero-order valence-electron chi connectivity index (χ0n) is 7.09. The number of amides is 1. The molecule has 3 N–H and O–H groups in total. The molecule has 1 saturated heterocycles. The molecule has 0 aliphatic carbocycles. The van der Waals surface area contributed by atoms with E-state index in [1.165, 1.54) is 0 Å². The van der Waals surface area contributed by atoms with Gasteiger partial charge in [0.25, 0.3) is 5.91 Å². The van der Waals surface area contributed by atoms with Crippen LogP contribution in [0.15, 0.2) is 0 Å². The van der Waals surface area contributed by atoms with Crippen molar-refractivity contribution in [3.05, 3.63) is 0 Å². The summed E-state index contributed by atoms with van der Waals surface area (Å²) in [6, 6.07) is 0. The highest BCUT2D eigenvalue weighted by Crippen LogP contribution is 2.17. The van der Waals surface area contributed by atoms with Crippen LogP contribution in [0.3, 0.4) is 0 Å². The van der Waals surface area contributed by atoms with Crippen molar-refractivity contribution in [2.75, 3.05) is 20.1 Å². The number of hydrogen-bond acceptors (Lipinski definition) is 3. The molecule has 0 aromatic carbocycles. The zero-order chi connectivity index (χ0) is 8.32. The summed E-state index contributed by atoms with van der Waals surface area (Å²) in [5.41, 5.74) is -1.12. The van der Waals surface area contributed by atoms with E-state index in [1.807, 2.05) is 0 Å². The van der Waals surface area contributed by atoms with Gasteiger partial charge in [-0.05, 0) is 25.9 Å². The molecule has 0 atom stereocenters. The third-order valence-electron chi connectivity index (χ3n) is 2.08. The van der Waals surface area contributed by atoms with Crippen molar-refractivity contribution in [3.8, 4) is 0 Å². The largest absolute Gasteiger partial charge is 0.380 e.